The Morgan fingerprint density at radius 2 is 1.79 bits per heavy atom. The molecule has 152 valence electrons. The van der Waals surface area contributed by atoms with Crippen LogP contribution in [0.3, 0.4) is 0 Å². The molecule has 0 saturated heterocycles. The number of carbonyl (C=O) groups excluding carboxylic acids is 1. The Balaban J connectivity index is 1.80. The highest BCUT2D eigenvalue weighted by Crippen LogP contribution is 2.32. The molecule has 1 atom stereocenters. The van der Waals surface area contributed by atoms with Crippen molar-refractivity contribution in [1.82, 2.24) is 5.32 Å². The Bertz CT molecular complexity index is 1050. The number of nitrogens with one attached hydrogen (secondary N) is 1. The van der Waals surface area contributed by atoms with E-state index in [0.29, 0.717) is 27.8 Å². The van der Waals surface area contributed by atoms with Gasteiger partial charge in [0.15, 0.2) is 9.84 Å². The quantitative estimate of drug-likeness (QED) is 0.538. The molecule has 0 aliphatic carbocycles. The Kier molecular flexibility index (Phi) is 6.95. The summed E-state index contributed by atoms with van der Waals surface area (Å²) in [6.45, 7) is 2.38. The predicted molar refractivity (Wildman–Crippen MR) is 116 cm³/mol. The molecule has 29 heavy (non-hydrogen) atoms. The molecule has 1 heterocycles. The SMILES string of the molecule is CCOc1ccc(C(=O)NC[C@H](c2cccs2)S(=O)(=O)c2ccc(Cl)cc2)cc1. The lowest BCUT2D eigenvalue weighted by Gasteiger charge is -2.17. The van der Waals surface area contributed by atoms with E-state index in [0.717, 1.165) is 0 Å². The van der Waals surface area contributed by atoms with Crippen molar-refractivity contribution in [2.75, 3.05) is 13.2 Å². The molecule has 0 bridgehead atoms. The molecule has 0 spiro atoms. The van der Waals surface area contributed by atoms with E-state index in [1.807, 2.05) is 12.3 Å². The zero-order valence-electron chi connectivity index (χ0n) is 15.7. The van der Waals surface area contributed by atoms with Crippen molar-refractivity contribution in [2.24, 2.45) is 0 Å². The second kappa shape index (κ2) is 9.43. The van der Waals surface area contributed by atoms with Crippen molar-refractivity contribution in [3.05, 3.63) is 81.5 Å². The number of carbonyl (C=O) groups is 1. The first-order valence-corrected chi connectivity index (χ1v) is 11.8. The number of sulfone groups is 1. The summed E-state index contributed by atoms with van der Waals surface area (Å²) < 4.78 is 31.8. The van der Waals surface area contributed by atoms with Crippen LogP contribution in [0.25, 0.3) is 0 Å². The Morgan fingerprint density at radius 3 is 2.38 bits per heavy atom. The third-order valence-electron chi connectivity index (χ3n) is 4.25. The molecule has 0 aliphatic heterocycles. The maximum atomic E-state index is 13.2. The lowest BCUT2D eigenvalue weighted by molar-refractivity contribution is 0.0953. The third kappa shape index (κ3) is 5.18. The molecule has 1 amide bonds. The van der Waals surface area contributed by atoms with Crippen LogP contribution >= 0.6 is 22.9 Å². The van der Waals surface area contributed by atoms with E-state index in [1.165, 1.54) is 23.5 Å². The third-order valence-corrected chi connectivity index (χ3v) is 7.74. The van der Waals surface area contributed by atoms with Gasteiger partial charge in [0, 0.05) is 22.0 Å². The van der Waals surface area contributed by atoms with Gasteiger partial charge in [-0.05, 0) is 66.9 Å². The fourth-order valence-electron chi connectivity index (χ4n) is 2.78. The number of hydrogen-bond donors (Lipinski definition) is 1. The summed E-state index contributed by atoms with van der Waals surface area (Å²) in [5.41, 5.74) is 0.433. The molecule has 0 fully saturated rings. The summed E-state index contributed by atoms with van der Waals surface area (Å²) in [7, 11) is -3.72. The van der Waals surface area contributed by atoms with Crippen LogP contribution in [0.5, 0.6) is 5.75 Å². The van der Waals surface area contributed by atoms with Crippen molar-refractivity contribution in [3.8, 4) is 5.75 Å². The maximum Gasteiger partial charge on any atom is 0.251 e. The number of benzene rings is 2. The summed E-state index contributed by atoms with van der Waals surface area (Å²) in [6, 6.07) is 16.3. The number of hydrogen-bond acceptors (Lipinski definition) is 5. The fourth-order valence-corrected chi connectivity index (χ4v) is 5.69. The van der Waals surface area contributed by atoms with E-state index in [-0.39, 0.29) is 17.3 Å². The van der Waals surface area contributed by atoms with Crippen LogP contribution in [-0.2, 0) is 9.84 Å². The first kappa shape index (κ1) is 21.4. The van der Waals surface area contributed by atoms with Crippen LogP contribution in [0.15, 0.2) is 70.9 Å². The van der Waals surface area contributed by atoms with Gasteiger partial charge in [-0.25, -0.2) is 8.42 Å². The number of thiophene rings is 1. The Labute approximate surface area is 179 Å². The summed E-state index contributed by atoms with van der Waals surface area (Å²) in [5.74, 6) is 0.326. The molecule has 0 aliphatic rings. The van der Waals surface area contributed by atoms with Crippen molar-refractivity contribution in [1.29, 1.82) is 0 Å². The molecule has 1 N–H and O–H groups in total. The Hall–Kier alpha value is -2.35. The van der Waals surface area contributed by atoms with Crippen LogP contribution < -0.4 is 10.1 Å². The highest BCUT2D eigenvalue weighted by molar-refractivity contribution is 7.91. The van der Waals surface area contributed by atoms with Crippen LogP contribution in [0.2, 0.25) is 5.02 Å². The normalized spacial score (nSPS) is 12.3. The van der Waals surface area contributed by atoms with Gasteiger partial charge in [0.25, 0.3) is 5.91 Å². The van der Waals surface area contributed by atoms with Crippen LogP contribution in [0, 0.1) is 0 Å². The predicted octanol–water partition coefficient (Wildman–Crippen LogP) is 4.75. The molecule has 0 unspecified atom stereocenters. The van der Waals surface area contributed by atoms with E-state index >= 15 is 0 Å². The van der Waals surface area contributed by atoms with Gasteiger partial charge in [0.05, 0.1) is 11.5 Å². The van der Waals surface area contributed by atoms with Crippen molar-refractivity contribution in [2.45, 2.75) is 17.1 Å². The average molecular weight is 450 g/mol. The first-order chi connectivity index (χ1) is 13.9. The Morgan fingerprint density at radius 1 is 1.10 bits per heavy atom. The van der Waals surface area contributed by atoms with Gasteiger partial charge < -0.3 is 10.1 Å². The monoisotopic (exact) mass is 449 g/mol. The van der Waals surface area contributed by atoms with Crippen LogP contribution in [0.4, 0.5) is 0 Å². The summed E-state index contributed by atoms with van der Waals surface area (Å²) in [6.07, 6.45) is 0. The molecule has 2 aromatic carbocycles. The summed E-state index contributed by atoms with van der Waals surface area (Å²) in [5, 5.41) is 4.13. The number of halogens is 1. The van der Waals surface area contributed by atoms with E-state index < -0.39 is 15.1 Å². The number of rotatable bonds is 8. The van der Waals surface area contributed by atoms with Gasteiger partial charge in [-0.2, -0.15) is 0 Å². The lowest BCUT2D eigenvalue weighted by Crippen LogP contribution is -2.31. The van der Waals surface area contributed by atoms with Gasteiger partial charge in [-0.1, -0.05) is 17.7 Å². The van der Waals surface area contributed by atoms with E-state index in [2.05, 4.69) is 5.32 Å². The zero-order chi connectivity index (χ0) is 20.9. The smallest absolute Gasteiger partial charge is 0.251 e. The van der Waals surface area contributed by atoms with Gasteiger partial charge >= 0.3 is 0 Å². The van der Waals surface area contributed by atoms with Gasteiger partial charge in [0.2, 0.25) is 0 Å². The molecule has 3 aromatic rings. The van der Waals surface area contributed by atoms with Crippen molar-refractivity contribution in [3.63, 3.8) is 0 Å². The van der Waals surface area contributed by atoms with E-state index in [1.54, 1.807) is 48.5 Å². The molecule has 1 aromatic heterocycles. The number of amides is 1. The van der Waals surface area contributed by atoms with E-state index in [9.17, 15) is 13.2 Å². The van der Waals surface area contributed by atoms with Crippen LogP contribution in [-0.4, -0.2) is 27.5 Å². The standard InChI is InChI=1S/C21H20ClNO4S2/c1-2-27-17-9-5-15(6-10-17)21(24)23-14-20(19-4-3-13-28-19)29(25,26)18-11-7-16(22)8-12-18/h3-13,20H,2,14H2,1H3,(H,23,24)/t20-/m1/s1. The minimum Gasteiger partial charge on any atom is -0.494 e. The second-order valence-electron chi connectivity index (χ2n) is 6.17. The maximum absolute atomic E-state index is 13.2. The minimum absolute atomic E-state index is 0.0441. The van der Waals surface area contributed by atoms with E-state index in [4.69, 9.17) is 16.3 Å². The van der Waals surface area contributed by atoms with Gasteiger partial charge in [-0.15, -0.1) is 11.3 Å². The number of ether oxygens (including phenoxy) is 1. The van der Waals surface area contributed by atoms with Crippen molar-refractivity contribution >= 4 is 38.7 Å². The second-order valence-corrected chi connectivity index (χ2v) is 9.72. The molecule has 5 nitrogen and oxygen atoms in total. The highest BCUT2D eigenvalue weighted by Gasteiger charge is 2.30. The van der Waals surface area contributed by atoms with Crippen LogP contribution in [0.1, 0.15) is 27.4 Å². The van der Waals surface area contributed by atoms with Crippen molar-refractivity contribution < 1.29 is 17.9 Å². The molecular weight excluding hydrogens is 430 g/mol. The topological polar surface area (TPSA) is 72.5 Å². The average Bonchev–Trinajstić information content (AvgIpc) is 3.23. The van der Waals surface area contributed by atoms with Gasteiger partial charge in [0.1, 0.15) is 11.0 Å². The lowest BCUT2D eigenvalue weighted by atomic mass is 10.2. The highest BCUT2D eigenvalue weighted by atomic mass is 35.5. The summed E-state index contributed by atoms with van der Waals surface area (Å²) >= 11 is 7.22. The van der Waals surface area contributed by atoms with Gasteiger partial charge in [-0.3, -0.25) is 4.79 Å². The molecule has 8 heteroatoms. The minimum atomic E-state index is -3.72. The fraction of sp³-hybridized carbons (Fsp3) is 0.190. The molecule has 3 rings (SSSR count). The molecule has 0 saturated carbocycles. The largest absolute Gasteiger partial charge is 0.494 e. The first-order valence-electron chi connectivity index (χ1n) is 8.95. The summed E-state index contributed by atoms with van der Waals surface area (Å²) in [4.78, 5) is 13.4. The zero-order valence-corrected chi connectivity index (χ0v) is 18.1. The molecule has 0 radical (unpaired) electrons. The molecular formula is C21H20ClNO4S2.